The highest BCUT2D eigenvalue weighted by Gasteiger charge is 2.48. The second-order valence-corrected chi connectivity index (χ2v) is 6.14. The van der Waals surface area contributed by atoms with E-state index in [-0.39, 0.29) is 24.2 Å². The number of rotatable bonds is 4. The first kappa shape index (κ1) is 14.4. The van der Waals surface area contributed by atoms with E-state index in [4.69, 9.17) is 4.74 Å². The Balaban J connectivity index is 1.46. The molecule has 2 saturated heterocycles. The molecule has 2 aliphatic heterocycles. The maximum atomic E-state index is 12.5. The van der Waals surface area contributed by atoms with E-state index in [1.54, 1.807) is 0 Å². The van der Waals surface area contributed by atoms with Crippen LogP contribution in [0.1, 0.15) is 23.8 Å². The summed E-state index contributed by atoms with van der Waals surface area (Å²) in [6.07, 6.45) is 0.307. The fourth-order valence-electron chi connectivity index (χ4n) is 3.51. The third-order valence-electron chi connectivity index (χ3n) is 4.68. The molecule has 4 rings (SSSR count). The molecule has 2 aliphatic rings. The highest BCUT2D eigenvalue weighted by molar-refractivity contribution is 5.80. The fourth-order valence-corrected chi connectivity index (χ4v) is 3.51. The van der Waals surface area contributed by atoms with Crippen molar-refractivity contribution in [2.45, 2.75) is 31.3 Å². The normalized spacial score (nSPS) is 26.5. The summed E-state index contributed by atoms with van der Waals surface area (Å²) in [5.41, 5.74) is 2.28. The molecule has 0 saturated carbocycles. The zero-order valence-electron chi connectivity index (χ0n) is 12.9. The molecule has 2 heterocycles. The standard InChI is InChI=1S/C19H20N2O2/c22-18-11-16(20-12-14-7-3-1-4-8-14)17-13-23-19(21(17)18)15-9-5-2-6-10-15/h1-10,16-17,19-20H,11-13H2/t16-,17+,19+/m0/s1. The van der Waals surface area contributed by atoms with Gasteiger partial charge in [0.1, 0.15) is 0 Å². The van der Waals surface area contributed by atoms with Crippen molar-refractivity contribution in [1.29, 1.82) is 0 Å². The van der Waals surface area contributed by atoms with Gasteiger partial charge >= 0.3 is 0 Å². The Morgan fingerprint density at radius 1 is 1.04 bits per heavy atom. The molecule has 0 aliphatic carbocycles. The van der Waals surface area contributed by atoms with Crippen molar-refractivity contribution >= 4 is 5.91 Å². The molecule has 23 heavy (non-hydrogen) atoms. The first-order chi connectivity index (χ1) is 11.3. The fraction of sp³-hybridized carbons (Fsp3) is 0.316. The second-order valence-electron chi connectivity index (χ2n) is 6.14. The van der Waals surface area contributed by atoms with Gasteiger partial charge in [0.05, 0.1) is 12.6 Å². The van der Waals surface area contributed by atoms with Crippen LogP contribution in [-0.4, -0.2) is 29.5 Å². The predicted molar refractivity (Wildman–Crippen MR) is 87.5 cm³/mol. The smallest absolute Gasteiger partial charge is 0.226 e. The average molecular weight is 308 g/mol. The summed E-state index contributed by atoms with van der Waals surface area (Å²) in [5.74, 6) is 0.173. The molecule has 2 aromatic rings. The highest BCUT2D eigenvalue weighted by Crippen LogP contribution is 2.37. The van der Waals surface area contributed by atoms with Gasteiger partial charge in [-0.2, -0.15) is 0 Å². The monoisotopic (exact) mass is 308 g/mol. The minimum atomic E-state index is -0.239. The summed E-state index contributed by atoms with van der Waals surface area (Å²) in [6.45, 7) is 1.37. The van der Waals surface area contributed by atoms with Crippen LogP contribution in [0.5, 0.6) is 0 Å². The summed E-state index contributed by atoms with van der Waals surface area (Å²) in [4.78, 5) is 14.4. The number of nitrogens with one attached hydrogen (secondary N) is 1. The molecule has 0 bridgehead atoms. The van der Waals surface area contributed by atoms with Crippen LogP contribution >= 0.6 is 0 Å². The lowest BCUT2D eigenvalue weighted by atomic mass is 10.1. The van der Waals surface area contributed by atoms with Gasteiger partial charge in [-0.3, -0.25) is 4.79 Å². The number of fused-ring (bicyclic) bond motifs is 1. The topological polar surface area (TPSA) is 41.6 Å². The molecular formula is C19H20N2O2. The minimum absolute atomic E-state index is 0.122. The van der Waals surface area contributed by atoms with Crippen LogP contribution in [0.3, 0.4) is 0 Å². The van der Waals surface area contributed by atoms with Crippen LogP contribution in [0.4, 0.5) is 0 Å². The number of ether oxygens (including phenoxy) is 1. The third-order valence-corrected chi connectivity index (χ3v) is 4.68. The SMILES string of the molecule is O=C1C[C@H](NCc2ccccc2)[C@H]2CO[C@H](c3ccccc3)N12. The summed E-state index contributed by atoms with van der Waals surface area (Å²) < 4.78 is 5.92. The number of hydrogen-bond donors (Lipinski definition) is 1. The van der Waals surface area contributed by atoms with Crippen molar-refractivity contribution in [2.75, 3.05) is 6.61 Å². The van der Waals surface area contributed by atoms with Crippen molar-refractivity contribution in [3.05, 3.63) is 71.8 Å². The van der Waals surface area contributed by atoms with E-state index in [1.807, 2.05) is 53.4 Å². The van der Waals surface area contributed by atoms with Crippen molar-refractivity contribution < 1.29 is 9.53 Å². The van der Waals surface area contributed by atoms with Crippen LogP contribution in [0.25, 0.3) is 0 Å². The second kappa shape index (κ2) is 6.14. The van der Waals surface area contributed by atoms with E-state index in [9.17, 15) is 4.79 Å². The predicted octanol–water partition coefficient (Wildman–Crippen LogP) is 2.47. The zero-order chi connectivity index (χ0) is 15.6. The molecule has 118 valence electrons. The number of carbonyl (C=O) groups excluding carboxylic acids is 1. The third kappa shape index (κ3) is 2.76. The van der Waals surface area contributed by atoms with Crippen LogP contribution in [0.2, 0.25) is 0 Å². The van der Waals surface area contributed by atoms with E-state index >= 15 is 0 Å². The molecule has 4 heteroatoms. The Kier molecular flexibility index (Phi) is 3.85. The molecule has 3 atom stereocenters. The van der Waals surface area contributed by atoms with Gasteiger partial charge in [0.2, 0.25) is 5.91 Å². The molecule has 0 unspecified atom stereocenters. The van der Waals surface area contributed by atoms with Crippen molar-refractivity contribution in [3.63, 3.8) is 0 Å². The number of nitrogens with zero attached hydrogens (tertiary/aromatic N) is 1. The van der Waals surface area contributed by atoms with Gasteiger partial charge < -0.3 is 15.0 Å². The quantitative estimate of drug-likeness (QED) is 0.943. The lowest BCUT2D eigenvalue weighted by Crippen LogP contribution is -2.41. The molecule has 4 nitrogen and oxygen atoms in total. The van der Waals surface area contributed by atoms with E-state index in [0.29, 0.717) is 13.0 Å². The Bertz CT molecular complexity index is 674. The maximum absolute atomic E-state index is 12.5. The van der Waals surface area contributed by atoms with Gasteiger partial charge in [0.15, 0.2) is 6.23 Å². The Labute approximate surface area is 136 Å². The molecule has 0 aromatic heterocycles. The van der Waals surface area contributed by atoms with Gasteiger partial charge in [-0.05, 0) is 5.56 Å². The first-order valence-electron chi connectivity index (χ1n) is 8.08. The van der Waals surface area contributed by atoms with Gasteiger partial charge in [0, 0.05) is 24.6 Å². The summed E-state index contributed by atoms with van der Waals surface area (Å²) in [7, 11) is 0. The van der Waals surface area contributed by atoms with Gasteiger partial charge in [0.25, 0.3) is 0 Å². The van der Waals surface area contributed by atoms with Crippen LogP contribution in [-0.2, 0) is 16.1 Å². The molecule has 0 radical (unpaired) electrons. The first-order valence-corrected chi connectivity index (χ1v) is 8.08. The zero-order valence-corrected chi connectivity index (χ0v) is 12.9. The Morgan fingerprint density at radius 3 is 2.48 bits per heavy atom. The molecule has 1 amide bonds. The molecule has 2 fully saturated rings. The van der Waals surface area contributed by atoms with E-state index < -0.39 is 0 Å². The maximum Gasteiger partial charge on any atom is 0.226 e. The number of hydrogen-bond acceptors (Lipinski definition) is 3. The molecular weight excluding hydrogens is 288 g/mol. The van der Waals surface area contributed by atoms with E-state index in [0.717, 1.165) is 12.1 Å². The van der Waals surface area contributed by atoms with Crippen LogP contribution in [0, 0.1) is 0 Å². The lowest BCUT2D eigenvalue weighted by Gasteiger charge is -2.24. The number of benzene rings is 2. The molecule has 2 aromatic carbocycles. The highest BCUT2D eigenvalue weighted by atomic mass is 16.5. The Hall–Kier alpha value is -2.17. The average Bonchev–Trinajstić information content (AvgIpc) is 3.17. The summed E-state index contributed by atoms with van der Waals surface area (Å²) in [6, 6.07) is 20.5. The molecule has 1 N–H and O–H groups in total. The van der Waals surface area contributed by atoms with Gasteiger partial charge in [-0.25, -0.2) is 0 Å². The summed E-state index contributed by atoms with van der Waals surface area (Å²) >= 11 is 0. The van der Waals surface area contributed by atoms with Gasteiger partial charge in [-0.1, -0.05) is 60.7 Å². The molecule has 0 spiro atoms. The van der Waals surface area contributed by atoms with E-state index in [1.165, 1.54) is 5.56 Å². The van der Waals surface area contributed by atoms with Crippen molar-refractivity contribution in [3.8, 4) is 0 Å². The van der Waals surface area contributed by atoms with Crippen molar-refractivity contribution in [1.82, 2.24) is 10.2 Å². The number of amides is 1. The number of carbonyl (C=O) groups is 1. The van der Waals surface area contributed by atoms with Crippen LogP contribution < -0.4 is 5.32 Å². The Morgan fingerprint density at radius 2 is 1.74 bits per heavy atom. The van der Waals surface area contributed by atoms with Crippen molar-refractivity contribution in [2.24, 2.45) is 0 Å². The van der Waals surface area contributed by atoms with Gasteiger partial charge in [-0.15, -0.1) is 0 Å². The van der Waals surface area contributed by atoms with Crippen LogP contribution in [0.15, 0.2) is 60.7 Å². The lowest BCUT2D eigenvalue weighted by molar-refractivity contribution is -0.134. The largest absolute Gasteiger partial charge is 0.352 e. The summed E-state index contributed by atoms with van der Waals surface area (Å²) in [5, 5.41) is 3.53. The van der Waals surface area contributed by atoms with E-state index in [2.05, 4.69) is 17.4 Å². The minimum Gasteiger partial charge on any atom is -0.352 e.